The normalized spacial score (nSPS) is 17.4. The highest BCUT2D eigenvalue weighted by Crippen LogP contribution is 2.38. The molecule has 20 heavy (non-hydrogen) atoms. The first-order chi connectivity index (χ1) is 9.51. The van der Waals surface area contributed by atoms with Gasteiger partial charge in [0, 0.05) is 18.5 Å². The van der Waals surface area contributed by atoms with E-state index in [1.54, 1.807) is 12.1 Å². The van der Waals surface area contributed by atoms with Gasteiger partial charge >= 0.3 is 0 Å². The van der Waals surface area contributed by atoms with Gasteiger partial charge in [-0.15, -0.1) is 10.2 Å². The molecular weight excluding hydrogens is 254 g/mol. The molecule has 1 aromatic heterocycles. The third-order valence-electron chi connectivity index (χ3n) is 3.88. The van der Waals surface area contributed by atoms with Crippen LogP contribution in [0.5, 0.6) is 0 Å². The molecule has 6 heteroatoms. The molecule has 0 spiro atoms. The van der Waals surface area contributed by atoms with Crippen molar-refractivity contribution in [2.75, 3.05) is 32.5 Å². The molecule has 1 aliphatic carbocycles. The van der Waals surface area contributed by atoms with Gasteiger partial charge < -0.3 is 16.0 Å². The molecule has 1 aromatic rings. The van der Waals surface area contributed by atoms with Gasteiger partial charge in [-0.2, -0.15) is 0 Å². The average Bonchev–Trinajstić information content (AvgIpc) is 2.85. The number of nitrogens with zero attached hydrogens (tertiary/aromatic N) is 3. The standard InChI is InChI=1S/C14H23N5O/c1-19(2)10-14(7-3-4-8-14)9-16-12-6-5-11(13(15)20)17-18-12/h5-6H,3-4,7-10H2,1-2H3,(H2,15,20)(H,16,18). The number of carbonyl (C=O) groups is 1. The van der Waals surface area contributed by atoms with Crippen molar-refractivity contribution in [1.82, 2.24) is 15.1 Å². The van der Waals surface area contributed by atoms with Crippen molar-refractivity contribution in [3.63, 3.8) is 0 Å². The maximum Gasteiger partial charge on any atom is 0.269 e. The smallest absolute Gasteiger partial charge is 0.269 e. The van der Waals surface area contributed by atoms with Crippen LogP contribution in [0.3, 0.4) is 0 Å². The van der Waals surface area contributed by atoms with Gasteiger partial charge in [0.25, 0.3) is 5.91 Å². The summed E-state index contributed by atoms with van der Waals surface area (Å²) < 4.78 is 0. The predicted octanol–water partition coefficient (Wildman–Crippen LogP) is 1.11. The molecule has 1 heterocycles. The molecule has 1 amide bonds. The number of nitrogens with one attached hydrogen (secondary N) is 1. The lowest BCUT2D eigenvalue weighted by Crippen LogP contribution is -2.37. The molecule has 2 rings (SSSR count). The lowest BCUT2D eigenvalue weighted by molar-refractivity contribution is 0.0994. The zero-order chi connectivity index (χ0) is 14.6. The summed E-state index contributed by atoms with van der Waals surface area (Å²) in [6, 6.07) is 3.36. The summed E-state index contributed by atoms with van der Waals surface area (Å²) in [5.74, 6) is 0.143. The molecule has 0 unspecified atom stereocenters. The summed E-state index contributed by atoms with van der Waals surface area (Å²) in [6.07, 6.45) is 5.07. The summed E-state index contributed by atoms with van der Waals surface area (Å²) >= 11 is 0. The zero-order valence-corrected chi connectivity index (χ0v) is 12.2. The van der Waals surface area contributed by atoms with Crippen LogP contribution in [-0.4, -0.2) is 48.2 Å². The van der Waals surface area contributed by atoms with Gasteiger partial charge in [-0.1, -0.05) is 12.8 Å². The van der Waals surface area contributed by atoms with Gasteiger partial charge in [-0.3, -0.25) is 4.79 Å². The molecule has 0 atom stereocenters. The van der Waals surface area contributed by atoms with E-state index in [0.29, 0.717) is 11.2 Å². The molecule has 3 N–H and O–H groups in total. The maximum absolute atomic E-state index is 10.9. The number of hydrogen-bond donors (Lipinski definition) is 2. The van der Waals surface area contributed by atoms with Crippen molar-refractivity contribution in [3.05, 3.63) is 17.8 Å². The van der Waals surface area contributed by atoms with E-state index in [0.717, 1.165) is 13.1 Å². The second-order valence-electron chi connectivity index (χ2n) is 5.97. The molecule has 110 valence electrons. The van der Waals surface area contributed by atoms with Crippen LogP contribution < -0.4 is 11.1 Å². The largest absolute Gasteiger partial charge is 0.368 e. The van der Waals surface area contributed by atoms with Crippen LogP contribution in [-0.2, 0) is 0 Å². The highest BCUT2D eigenvalue weighted by Gasteiger charge is 2.34. The molecular formula is C14H23N5O. The molecule has 1 aliphatic rings. The van der Waals surface area contributed by atoms with E-state index in [4.69, 9.17) is 5.73 Å². The Hall–Kier alpha value is -1.69. The molecule has 0 aromatic carbocycles. The first kappa shape index (κ1) is 14.7. The highest BCUT2D eigenvalue weighted by atomic mass is 16.1. The minimum Gasteiger partial charge on any atom is -0.368 e. The van der Waals surface area contributed by atoms with Gasteiger partial charge in [-0.25, -0.2) is 0 Å². The van der Waals surface area contributed by atoms with Gasteiger partial charge in [-0.05, 0) is 39.1 Å². The Bertz CT molecular complexity index is 451. The van der Waals surface area contributed by atoms with Crippen LogP contribution in [0.25, 0.3) is 0 Å². The molecule has 6 nitrogen and oxygen atoms in total. The number of hydrogen-bond acceptors (Lipinski definition) is 5. The monoisotopic (exact) mass is 277 g/mol. The van der Waals surface area contributed by atoms with Crippen LogP contribution in [0.1, 0.15) is 36.2 Å². The van der Waals surface area contributed by atoms with Crippen LogP contribution in [0.15, 0.2) is 12.1 Å². The fraction of sp³-hybridized carbons (Fsp3) is 0.643. The van der Waals surface area contributed by atoms with Crippen LogP contribution in [0.2, 0.25) is 0 Å². The first-order valence-corrected chi connectivity index (χ1v) is 7.03. The lowest BCUT2D eigenvalue weighted by Gasteiger charge is -2.32. The summed E-state index contributed by atoms with van der Waals surface area (Å²) in [7, 11) is 4.23. The average molecular weight is 277 g/mol. The molecule has 0 aliphatic heterocycles. The second-order valence-corrected chi connectivity index (χ2v) is 5.97. The summed E-state index contributed by atoms with van der Waals surface area (Å²) in [5.41, 5.74) is 5.65. The Kier molecular flexibility index (Phi) is 4.54. The van der Waals surface area contributed by atoms with E-state index < -0.39 is 5.91 Å². The Morgan fingerprint density at radius 2 is 2.05 bits per heavy atom. The first-order valence-electron chi connectivity index (χ1n) is 7.03. The number of rotatable bonds is 6. The minimum atomic E-state index is -0.552. The fourth-order valence-corrected chi connectivity index (χ4v) is 3.02. The molecule has 0 saturated heterocycles. The fourth-order valence-electron chi connectivity index (χ4n) is 3.02. The number of anilines is 1. The van der Waals surface area contributed by atoms with Crippen molar-refractivity contribution >= 4 is 11.7 Å². The Morgan fingerprint density at radius 3 is 2.55 bits per heavy atom. The molecule has 0 radical (unpaired) electrons. The van der Waals surface area contributed by atoms with Gasteiger partial charge in [0.15, 0.2) is 5.69 Å². The summed E-state index contributed by atoms with van der Waals surface area (Å²) in [4.78, 5) is 13.2. The number of amides is 1. The highest BCUT2D eigenvalue weighted by molar-refractivity contribution is 5.90. The van der Waals surface area contributed by atoms with E-state index in [2.05, 4.69) is 34.5 Å². The maximum atomic E-state index is 10.9. The van der Waals surface area contributed by atoms with Crippen molar-refractivity contribution in [2.45, 2.75) is 25.7 Å². The van der Waals surface area contributed by atoms with E-state index in [1.165, 1.54) is 25.7 Å². The lowest BCUT2D eigenvalue weighted by atomic mass is 9.85. The topological polar surface area (TPSA) is 84.1 Å². The van der Waals surface area contributed by atoms with Crippen molar-refractivity contribution in [1.29, 1.82) is 0 Å². The van der Waals surface area contributed by atoms with E-state index in [1.807, 2.05) is 0 Å². The molecule has 1 saturated carbocycles. The second kappa shape index (κ2) is 6.17. The SMILES string of the molecule is CN(C)CC1(CNc2ccc(C(N)=O)nn2)CCCC1. The van der Waals surface area contributed by atoms with E-state index in [-0.39, 0.29) is 5.69 Å². The van der Waals surface area contributed by atoms with Crippen molar-refractivity contribution < 1.29 is 4.79 Å². The van der Waals surface area contributed by atoms with Crippen LogP contribution in [0, 0.1) is 5.41 Å². The van der Waals surface area contributed by atoms with E-state index >= 15 is 0 Å². The summed E-state index contributed by atoms with van der Waals surface area (Å²) in [5, 5.41) is 11.2. The van der Waals surface area contributed by atoms with Gasteiger partial charge in [0.05, 0.1) is 0 Å². The molecule has 0 bridgehead atoms. The zero-order valence-electron chi connectivity index (χ0n) is 12.2. The third kappa shape index (κ3) is 3.66. The van der Waals surface area contributed by atoms with Crippen LogP contribution in [0.4, 0.5) is 5.82 Å². The number of carbonyl (C=O) groups excluding carboxylic acids is 1. The predicted molar refractivity (Wildman–Crippen MR) is 78.5 cm³/mol. The quantitative estimate of drug-likeness (QED) is 0.813. The van der Waals surface area contributed by atoms with Crippen molar-refractivity contribution in [3.8, 4) is 0 Å². The minimum absolute atomic E-state index is 0.194. The Balaban J connectivity index is 1.97. The van der Waals surface area contributed by atoms with Crippen LogP contribution >= 0.6 is 0 Å². The Labute approximate surface area is 119 Å². The number of nitrogens with two attached hydrogens (primary N) is 1. The van der Waals surface area contributed by atoms with Gasteiger partial charge in [0.1, 0.15) is 5.82 Å². The van der Waals surface area contributed by atoms with Gasteiger partial charge in [0.2, 0.25) is 0 Å². The Morgan fingerprint density at radius 1 is 1.35 bits per heavy atom. The number of aromatic nitrogens is 2. The van der Waals surface area contributed by atoms with E-state index in [9.17, 15) is 4.79 Å². The summed E-state index contributed by atoms with van der Waals surface area (Å²) in [6.45, 7) is 1.96. The molecule has 1 fully saturated rings. The van der Waals surface area contributed by atoms with Crippen molar-refractivity contribution in [2.24, 2.45) is 11.1 Å². The number of primary amides is 1. The third-order valence-corrected chi connectivity index (χ3v) is 3.88.